The first-order valence-corrected chi connectivity index (χ1v) is 12.8. The molecule has 0 atom stereocenters. The Bertz CT molecular complexity index is 1490. The second kappa shape index (κ2) is 9.30. The maximum atomic E-state index is 13.5. The van der Waals surface area contributed by atoms with Gasteiger partial charge in [-0.05, 0) is 56.3 Å². The second-order valence-electron chi connectivity index (χ2n) is 9.85. The molecule has 4 heterocycles. The van der Waals surface area contributed by atoms with Gasteiger partial charge in [0.2, 0.25) is 0 Å². The van der Waals surface area contributed by atoms with Gasteiger partial charge in [0.25, 0.3) is 5.56 Å². The van der Waals surface area contributed by atoms with Crippen LogP contribution < -0.4 is 5.56 Å². The number of ether oxygens (including phenoxy) is 1. The molecule has 4 aromatic rings. The molecule has 35 heavy (non-hydrogen) atoms. The monoisotopic (exact) mass is 487 g/mol. The first kappa shape index (κ1) is 23.3. The number of benzene rings is 1. The number of para-hydroxylation sites is 1. The van der Waals surface area contributed by atoms with Gasteiger partial charge in [0.1, 0.15) is 5.60 Å². The summed E-state index contributed by atoms with van der Waals surface area (Å²) >= 11 is 1.59. The molecule has 3 aromatic heterocycles. The molecule has 0 saturated carbocycles. The summed E-state index contributed by atoms with van der Waals surface area (Å²) in [6.07, 6.45) is 5.01. The molecule has 1 aromatic carbocycles. The third-order valence-corrected chi connectivity index (χ3v) is 7.12. The molecule has 0 unspecified atom stereocenters. The van der Waals surface area contributed by atoms with E-state index in [1.807, 2.05) is 63.4 Å². The number of hydrogen-bond acceptors (Lipinski definition) is 5. The van der Waals surface area contributed by atoms with Crippen molar-refractivity contribution in [3.8, 4) is 0 Å². The summed E-state index contributed by atoms with van der Waals surface area (Å²) in [5, 5.41) is 3.95. The molecule has 0 aliphatic carbocycles. The van der Waals surface area contributed by atoms with Crippen LogP contribution in [0.4, 0.5) is 4.79 Å². The predicted molar refractivity (Wildman–Crippen MR) is 142 cm³/mol. The summed E-state index contributed by atoms with van der Waals surface area (Å²) in [5.74, 6) is 0. The van der Waals surface area contributed by atoms with Crippen LogP contribution in [0.3, 0.4) is 0 Å². The zero-order chi connectivity index (χ0) is 24.6. The predicted octanol–water partition coefficient (Wildman–Crippen LogP) is 5.88. The summed E-state index contributed by atoms with van der Waals surface area (Å²) in [7, 11) is 0. The van der Waals surface area contributed by atoms with Crippen LogP contribution in [-0.2, 0) is 17.7 Å². The molecule has 0 radical (unpaired) electrons. The SMILES string of the molecule is CC(C)(C)OC(=O)N1CC=C(c2csc3ccn(CCc4ccc5ccccc5n4)c(=O)c23)CC1. The van der Waals surface area contributed by atoms with Gasteiger partial charge < -0.3 is 14.2 Å². The second-order valence-corrected chi connectivity index (χ2v) is 10.8. The fraction of sp³-hybridized carbons (Fsp3) is 0.321. The van der Waals surface area contributed by atoms with Crippen molar-refractivity contribution in [3.05, 3.63) is 81.7 Å². The van der Waals surface area contributed by atoms with Crippen LogP contribution in [0.25, 0.3) is 26.6 Å². The molecule has 0 saturated heterocycles. The Balaban J connectivity index is 1.35. The van der Waals surface area contributed by atoms with Crippen molar-refractivity contribution in [2.24, 2.45) is 0 Å². The Hall–Kier alpha value is -3.45. The van der Waals surface area contributed by atoms with Gasteiger partial charge in [-0.2, -0.15) is 0 Å². The number of thiophene rings is 1. The van der Waals surface area contributed by atoms with E-state index in [4.69, 9.17) is 9.72 Å². The highest BCUT2D eigenvalue weighted by Crippen LogP contribution is 2.32. The van der Waals surface area contributed by atoms with Crippen molar-refractivity contribution < 1.29 is 9.53 Å². The first-order valence-electron chi connectivity index (χ1n) is 11.9. The standard InChI is InChI=1S/C28H29N3O3S/c1-28(2,3)34-27(33)31-14-10-19(11-15-31)22-18-35-24-13-17-30(26(32)25(22)24)16-12-21-9-8-20-6-4-5-7-23(20)29-21/h4-10,13,17-18H,11-12,14-16H2,1-3H3. The quantitative estimate of drug-likeness (QED) is 0.361. The number of hydrogen-bond donors (Lipinski definition) is 0. The van der Waals surface area contributed by atoms with Crippen molar-refractivity contribution in [1.29, 1.82) is 0 Å². The van der Waals surface area contributed by atoms with Crippen LogP contribution in [0.15, 0.2) is 64.9 Å². The van der Waals surface area contributed by atoms with Gasteiger partial charge >= 0.3 is 6.09 Å². The molecule has 0 N–H and O–H groups in total. The van der Waals surface area contributed by atoms with Crippen molar-refractivity contribution in [3.63, 3.8) is 0 Å². The normalized spacial score (nSPS) is 14.4. The Kier molecular flexibility index (Phi) is 6.19. The zero-order valence-electron chi connectivity index (χ0n) is 20.3. The lowest BCUT2D eigenvalue weighted by molar-refractivity contribution is 0.0270. The Morgan fingerprint density at radius 3 is 2.74 bits per heavy atom. The van der Waals surface area contributed by atoms with Gasteiger partial charge in [-0.1, -0.05) is 30.3 Å². The Labute approximate surface area is 208 Å². The third kappa shape index (κ3) is 5.00. The fourth-order valence-electron chi connectivity index (χ4n) is 4.39. The van der Waals surface area contributed by atoms with Gasteiger partial charge in [-0.25, -0.2) is 4.79 Å². The minimum Gasteiger partial charge on any atom is -0.444 e. The maximum Gasteiger partial charge on any atom is 0.410 e. The summed E-state index contributed by atoms with van der Waals surface area (Å²) < 4.78 is 8.27. The lowest BCUT2D eigenvalue weighted by atomic mass is 9.99. The van der Waals surface area contributed by atoms with E-state index in [1.54, 1.807) is 20.8 Å². The van der Waals surface area contributed by atoms with Crippen molar-refractivity contribution >= 4 is 44.0 Å². The van der Waals surface area contributed by atoms with E-state index < -0.39 is 5.60 Å². The molecule has 0 fully saturated rings. The lowest BCUT2D eigenvalue weighted by Gasteiger charge is -2.29. The minimum atomic E-state index is -0.516. The number of aromatic nitrogens is 2. The van der Waals surface area contributed by atoms with E-state index in [1.165, 1.54) is 0 Å². The van der Waals surface area contributed by atoms with Crippen LogP contribution >= 0.6 is 11.3 Å². The number of nitrogens with zero attached hydrogens (tertiary/aromatic N) is 3. The van der Waals surface area contributed by atoms with Crippen LogP contribution in [0, 0.1) is 0 Å². The molecule has 180 valence electrons. The van der Waals surface area contributed by atoms with Gasteiger partial charge in [0, 0.05) is 53.6 Å². The van der Waals surface area contributed by atoms with E-state index in [9.17, 15) is 9.59 Å². The van der Waals surface area contributed by atoms with Crippen LogP contribution in [0.5, 0.6) is 0 Å². The lowest BCUT2D eigenvalue weighted by Crippen LogP contribution is -2.39. The Morgan fingerprint density at radius 1 is 1.14 bits per heavy atom. The summed E-state index contributed by atoms with van der Waals surface area (Å²) in [4.78, 5) is 32.3. The molecule has 6 nitrogen and oxygen atoms in total. The van der Waals surface area contributed by atoms with E-state index in [-0.39, 0.29) is 11.7 Å². The number of rotatable bonds is 4. The number of carbonyl (C=O) groups excluding carboxylic acids is 1. The number of fused-ring (bicyclic) bond motifs is 2. The fourth-order valence-corrected chi connectivity index (χ4v) is 5.35. The molecule has 7 heteroatoms. The van der Waals surface area contributed by atoms with Crippen LogP contribution in [0.2, 0.25) is 0 Å². The van der Waals surface area contributed by atoms with Crippen molar-refractivity contribution in [2.75, 3.05) is 13.1 Å². The molecule has 1 aliphatic rings. The van der Waals surface area contributed by atoms with Crippen LogP contribution in [-0.4, -0.2) is 39.2 Å². The minimum absolute atomic E-state index is 0.0232. The highest BCUT2D eigenvalue weighted by Gasteiger charge is 2.25. The topological polar surface area (TPSA) is 64.4 Å². The van der Waals surface area contributed by atoms with Gasteiger partial charge in [-0.3, -0.25) is 9.78 Å². The first-order chi connectivity index (χ1) is 16.8. The van der Waals surface area contributed by atoms with E-state index in [0.29, 0.717) is 32.5 Å². The van der Waals surface area contributed by atoms with Crippen LogP contribution in [0.1, 0.15) is 38.4 Å². The van der Waals surface area contributed by atoms with Gasteiger partial charge in [0.05, 0.1) is 10.9 Å². The number of pyridine rings is 2. The molecule has 0 spiro atoms. The zero-order valence-corrected chi connectivity index (χ0v) is 21.1. The van der Waals surface area contributed by atoms with E-state index >= 15 is 0 Å². The van der Waals surface area contributed by atoms with Gasteiger partial charge in [0.15, 0.2) is 0 Å². The van der Waals surface area contributed by atoms with E-state index in [0.717, 1.165) is 37.8 Å². The molecule has 0 bridgehead atoms. The van der Waals surface area contributed by atoms with Crippen molar-refractivity contribution in [2.45, 2.75) is 45.8 Å². The average Bonchev–Trinajstić information content (AvgIpc) is 3.27. The summed E-state index contributed by atoms with van der Waals surface area (Å²) in [5.41, 5.74) is 3.54. The van der Waals surface area contributed by atoms with Gasteiger partial charge in [-0.15, -0.1) is 11.3 Å². The molecular formula is C28H29N3O3S. The summed E-state index contributed by atoms with van der Waals surface area (Å²) in [6, 6.07) is 14.2. The maximum absolute atomic E-state index is 13.5. The average molecular weight is 488 g/mol. The highest BCUT2D eigenvalue weighted by molar-refractivity contribution is 7.17. The molecular weight excluding hydrogens is 458 g/mol. The number of carbonyl (C=O) groups is 1. The number of aryl methyl sites for hydroxylation is 2. The molecule has 1 aliphatic heterocycles. The number of amides is 1. The third-order valence-electron chi connectivity index (χ3n) is 6.17. The largest absolute Gasteiger partial charge is 0.444 e. The highest BCUT2D eigenvalue weighted by atomic mass is 32.1. The smallest absolute Gasteiger partial charge is 0.410 e. The molecule has 1 amide bonds. The summed E-state index contributed by atoms with van der Waals surface area (Å²) in [6.45, 7) is 7.24. The van der Waals surface area contributed by atoms with Crippen molar-refractivity contribution in [1.82, 2.24) is 14.5 Å². The Morgan fingerprint density at radius 2 is 1.97 bits per heavy atom. The molecule has 5 rings (SSSR count). The van der Waals surface area contributed by atoms with E-state index in [2.05, 4.69) is 17.5 Å².